The number of piperidine rings is 1. The molecule has 3 heterocycles. The van der Waals surface area contributed by atoms with Gasteiger partial charge in [0.2, 0.25) is 5.91 Å². The van der Waals surface area contributed by atoms with Crippen LogP contribution < -0.4 is 4.90 Å². The maximum atomic E-state index is 12.9. The van der Waals surface area contributed by atoms with Crippen LogP contribution in [-0.4, -0.2) is 71.0 Å². The normalized spacial score (nSPS) is 22.5. The van der Waals surface area contributed by atoms with Crippen LogP contribution in [0, 0.1) is 19.8 Å². The van der Waals surface area contributed by atoms with Gasteiger partial charge in [-0.3, -0.25) is 4.79 Å². The number of hydrogen-bond donors (Lipinski definition) is 0. The summed E-state index contributed by atoms with van der Waals surface area (Å²) in [6.07, 6.45) is 3.80. The van der Waals surface area contributed by atoms with Crippen molar-refractivity contribution >= 4 is 11.7 Å². The Balaban J connectivity index is 1.58. The van der Waals surface area contributed by atoms with E-state index in [0.717, 1.165) is 69.2 Å². The van der Waals surface area contributed by atoms with Gasteiger partial charge in [-0.05, 0) is 47.1 Å². The quantitative estimate of drug-likeness (QED) is 0.837. The van der Waals surface area contributed by atoms with Crippen LogP contribution in [0.25, 0.3) is 0 Å². The van der Waals surface area contributed by atoms with Crippen LogP contribution in [0.15, 0.2) is 6.33 Å². The van der Waals surface area contributed by atoms with Crippen LogP contribution in [0.1, 0.15) is 37.9 Å². The highest BCUT2D eigenvalue weighted by atomic mass is 16.2. The predicted octanol–water partition coefficient (Wildman–Crippen LogP) is 1.86. The molecule has 1 aromatic heterocycles. The molecule has 1 atom stereocenters. The van der Waals surface area contributed by atoms with Crippen molar-refractivity contribution in [3.8, 4) is 0 Å². The highest BCUT2D eigenvalue weighted by Gasteiger charge is 2.32. The van der Waals surface area contributed by atoms with Crippen LogP contribution in [0.4, 0.5) is 5.82 Å². The minimum absolute atomic E-state index is 0.172. The third kappa shape index (κ3) is 3.94. The molecule has 2 aliphatic rings. The number of aromatic nitrogens is 2. The van der Waals surface area contributed by atoms with Gasteiger partial charge in [0.15, 0.2) is 0 Å². The number of rotatable bonds is 3. The smallest absolute Gasteiger partial charge is 0.227 e. The molecule has 1 amide bonds. The molecule has 25 heavy (non-hydrogen) atoms. The summed E-state index contributed by atoms with van der Waals surface area (Å²) in [4.78, 5) is 28.4. The number of carbonyl (C=O) groups is 1. The lowest BCUT2D eigenvalue weighted by molar-refractivity contribution is -0.137. The summed E-state index contributed by atoms with van der Waals surface area (Å²) in [5.74, 6) is 1.54. The molecule has 6 heteroatoms. The zero-order chi connectivity index (χ0) is 18.0. The van der Waals surface area contributed by atoms with E-state index in [2.05, 4.69) is 45.4 Å². The molecule has 1 aromatic rings. The average molecular weight is 345 g/mol. The summed E-state index contributed by atoms with van der Waals surface area (Å²) in [7, 11) is 0. The maximum absolute atomic E-state index is 12.9. The number of carbonyl (C=O) groups excluding carboxylic acids is 1. The van der Waals surface area contributed by atoms with Gasteiger partial charge in [0, 0.05) is 50.0 Å². The van der Waals surface area contributed by atoms with Gasteiger partial charge in [-0.25, -0.2) is 9.97 Å². The van der Waals surface area contributed by atoms with E-state index in [1.165, 1.54) is 0 Å². The van der Waals surface area contributed by atoms with Crippen molar-refractivity contribution in [3.63, 3.8) is 0 Å². The molecular weight excluding hydrogens is 314 g/mol. The number of piperazine rings is 1. The van der Waals surface area contributed by atoms with Crippen LogP contribution in [0.5, 0.6) is 0 Å². The first-order chi connectivity index (χ1) is 12.0. The first kappa shape index (κ1) is 18.1. The van der Waals surface area contributed by atoms with E-state index in [0.29, 0.717) is 11.9 Å². The molecular formula is C19H31N5O. The van der Waals surface area contributed by atoms with Crippen molar-refractivity contribution in [2.45, 2.75) is 46.6 Å². The molecule has 0 saturated carbocycles. The second-order valence-electron chi connectivity index (χ2n) is 7.65. The highest BCUT2D eigenvalue weighted by molar-refractivity contribution is 5.79. The van der Waals surface area contributed by atoms with Crippen LogP contribution in [0.3, 0.4) is 0 Å². The summed E-state index contributed by atoms with van der Waals surface area (Å²) in [6, 6.07) is 0.524. The first-order valence-electron chi connectivity index (χ1n) is 9.53. The topological polar surface area (TPSA) is 52.6 Å². The van der Waals surface area contributed by atoms with Crippen molar-refractivity contribution in [2.24, 2.45) is 5.92 Å². The Morgan fingerprint density at radius 2 is 1.84 bits per heavy atom. The van der Waals surface area contributed by atoms with Gasteiger partial charge in [0.1, 0.15) is 12.1 Å². The third-order valence-electron chi connectivity index (χ3n) is 5.73. The molecule has 138 valence electrons. The van der Waals surface area contributed by atoms with Crippen molar-refractivity contribution in [1.29, 1.82) is 0 Å². The Kier molecular flexibility index (Phi) is 5.57. The average Bonchev–Trinajstić information content (AvgIpc) is 2.63. The molecule has 6 nitrogen and oxygen atoms in total. The number of likely N-dealkylation sites (tertiary alicyclic amines) is 1. The lowest BCUT2D eigenvalue weighted by Crippen LogP contribution is -2.53. The van der Waals surface area contributed by atoms with Crippen molar-refractivity contribution < 1.29 is 4.79 Å². The van der Waals surface area contributed by atoms with E-state index in [1.54, 1.807) is 6.33 Å². The fourth-order valence-corrected chi connectivity index (χ4v) is 3.92. The molecule has 0 radical (unpaired) electrons. The Labute approximate surface area is 151 Å². The summed E-state index contributed by atoms with van der Waals surface area (Å²) >= 11 is 0. The van der Waals surface area contributed by atoms with Gasteiger partial charge in [0.05, 0.1) is 5.92 Å². The maximum Gasteiger partial charge on any atom is 0.227 e. The molecule has 2 fully saturated rings. The SMILES string of the molecule is Cc1ncnc(N2CCN(C(=O)[C@H]3CCCN(C(C)C)C3)CC2)c1C. The zero-order valence-electron chi connectivity index (χ0n) is 16.0. The van der Waals surface area contributed by atoms with Gasteiger partial charge in [-0.2, -0.15) is 0 Å². The Morgan fingerprint density at radius 3 is 2.52 bits per heavy atom. The monoisotopic (exact) mass is 345 g/mol. The van der Waals surface area contributed by atoms with Gasteiger partial charge in [0.25, 0.3) is 0 Å². The van der Waals surface area contributed by atoms with E-state index in [9.17, 15) is 4.79 Å². The predicted molar refractivity (Wildman–Crippen MR) is 99.7 cm³/mol. The molecule has 0 spiro atoms. The Hall–Kier alpha value is -1.69. The van der Waals surface area contributed by atoms with Gasteiger partial charge < -0.3 is 14.7 Å². The molecule has 3 rings (SSSR count). The second kappa shape index (κ2) is 7.68. The molecule has 0 bridgehead atoms. The Bertz CT molecular complexity index is 610. The van der Waals surface area contributed by atoms with E-state index in [4.69, 9.17) is 0 Å². The third-order valence-corrected chi connectivity index (χ3v) is 5.73. The summed E-state index contributed by atoms with van der Waals surface area (Å²) in [5.41, 5.74) is 2.17. The van der Waals surface area contributed by atoms with E-state index in [-0.39, 0.29) is 5.92 Å². The van der Waals surface area contributed by atoms with Crippen LogP contribution in [-0.2, 0) is 4.79 Å². The van der Waals surface area contributed by atoms with Crippen LogP contribution >= 0.6 is 0 Å². The number of anilines is 1. The molecule has 0 aromatic carbocycles. The fraction of sp³-hybridized carbons (Fsp3) is 0.737. The standard InChI is InChI=1S/C19H31N5O/c1-14(2)24-7-5-6-17(12-24)19(25)23-10-8-22(9-11-23)18-15(3)16(4)20-13-21-18/h13-14,17H,5-12H2,1-4H3/t17-/m0/s1. The summed E-state index contributed by atoms with van der Waals surface area (Å²) < 4.78 is 0. The minimum Gasteiger partial charge on any atom is -0.353 e. The van der Waals surface area contributed by atoms with Crippen molar-refractivity contribution in [3.05, 3.63) is 17.6 Å². The van der Waals surface area contributed by atoms with Crippen molar-refractivity contribution in [1.82, 2.24) is 19.8 Å². The number of nitrogens with zero attached hydrogens (tertiary/aromatic N) is 5. The fourth-order valence-electron chi connectivity index (χ4n) is 3.92. The second-order valence-corrected chi connectivity index (χ2v) is 7.65. The number of amides is 1. The molecule has 0 aliphatic carbocycles. The first-order valence-corrected chi connectivity index (χ1v) is 9.53. The molecule has 2 saturated heterocycles. The van der Waals surface area contributed by atoms with E-state index < -0.39 is 0 Å². The summed E-state index contributed by atoms with van der Waals surface area (Å²) in [5, 5.41) is 0. The lowest BCUT2D eigenvalue weighted by atomic mass is 9.95. The highest BCUT2D eigenvalue weighted by Crippen LogP contribution is 2.23. The number of hydrogen-bond acceptors (Lipinski definition) is 5. The number of aryl methyl sites for hydroxylation is 1. The largest absolute Gasteiger partial charge is 0.353 e. The van der Waals surface area contributed by atoms with E-state index >= 15 is 0 Å². The van der Waals surface area contributed by atoms with E-state index in [1.807, 2.05) is 6.92 Å². The summed E-state index contributed by atoms with van der Waals surface area (Å²) in [6.45, 7) is 13.9. The van der Waals surface area contributed by atoms with Gasteiger partial charge in [-0.1, -0.05) is 0 Å². The minimum atomic E-state index is 0.172. The zero-order valence-corrected chi connectivity index (χ0v) is 16.0. The van der Waals surface area contributed by atoms with Gasteiger partial charge in [-0.15, -0.1) is 0 Å². The molecule has 2 aliphatic heterocycles. The van der Waals surface area contributed by atoms with Crippen LogP contribution in [0.2, 0.25) is 0 Å². The van der Waals surface area contributed by atoms with Crippen molar-refractivity contribution in [2.75, 3.05) is 44.2 Å². The van der Waals surface area contributed by atoms with Gasteiger partial charge >= 0.3 is 0 Å². The molecule has 0 unspecified atom stereocenters. The molecule has 0 N–H and O–H groups in total. The Morgan fingerprint density at radius 1 is 1.12 bits per heavy atom. The lowest BCUT2D eigenvalue weighted by Gasteiger charge is -2.40.